The molecule has 130 valence electrons. The van der Waals surface area contributed by atoms with E-state index < -0.39 is 20.2 Å². The second-order valence-electron chi connectivity index (χ2n) is 4.84. The van der Waals surface area contributed by atoms with E-state index in [9.17, 15) is 21.6 Å². The zero-order valence-electron chi connectivity index (χ0n) is 12.2. The third-order valence-corrected chi connectivity index (χ3v) is 4.96. The Morgan fingerprint density at radius 3 is 2.52 bits per heavy atom. The third kappa shape index (κ3) is 3.38. The van der Waals surface area contributed by atoms with Crippen LogP contribution in [0.4, 0.5) is 13.2 Å². The van der Waals surface area contributed by atoms with Gasteiger partial charge in [-0.25, -0.2) is 18.4 Å². The number of sulfone groups is 1. The number of aromatic nitrogens is 2. The number of fused-ring (bicyclic) bond motifs is 1. The smallest absolute Gasteiger partial charge is 0.421 e. The summed E-state index contributed by atoms with van der Waals surface area (Å²) in [7, 11) is -5.49. The molecule has 0 atom stereocenters. The van der Waals surface area contributed by atoms with E-state index >= 15 is 0 Å². The number of para-hydroxylation sites is 1. The number of alkyl halides is 3. The quantitative estimate of drug-likeness (QED) is 0.666. The third-order valence-electron chi connectivity index (χ3n) is 3.18. The molecule has 0 N–H and O–H groups in total. The van der Waals surface area contributed by atoms with Gasteiger partial charge in [0.25, 0.3) is 9.84 Å². The predicted octanol–water partition coefficient (Wildman–Crippen LogP) is 4.37. The first kappa shape index (κ1) is 17.4. The number of ether oxygens (including phenoxy) is 1. The number of hydrogen-bond acceptors (Lipinski definition) is 5. The molecule has 0 aliphatic heterocycles. The fourth-order valence-electron chi connectivity index (χ4n) is 2.00. The normalized spacial score (nSPS) is 12.3. The standard InChI is InChI=1S/C15H8ClF3N2O3S/c16-11-3-1-2-9-4-5-12(21-14(9)11)24-13-8-10(6-7-20-13)25(22,23)15(17,18)19/h1-8H. The van der Waals surface area contributed by atoms with Gasteiger partial charge in [-0.2, -0.15) is 13.2 Å². The summed E-state index contributed by atoms with van der Waals surface area (Å²) in [5.74, 6) is -0.334. The zero-order chi connectivity index (χ0) is 18.2. The van der Waals surface area contributed by atoms with Crippen LogP contribution < -0.4 is 4.74 Å². The summed E-state index contributed by atoms with van der Waals surface area (Å²) in [6, 6.07) is 9.66. The largest absolute Gasteiger partial charge is 0.501 e. The van der Waals surface area contributed by atoms with Gasteiger partial charge in [0.15, 0.2) is 0 Å². The Balaban J connectivity index is 1.97. The molecule has 0 saturated heterocycles. The van der Waals surface area contributed by atoms with Gasteiger partial charge in [0.05, 0.1) is 15.4 Å². The molecule has 0 saturated carbocycles. The highest BCUT2D eigenvalue weighted by Gasteiger charge is 2.47. The van der Waals surface area contributed by atoms with Crippen molar-refractivity contribution >= 4 is 32.3 Å². The average molecular weight is 389 g/mol. The van der Waals surface area contributed by atoms with E-state index in [2.05, 4.69) is 9.97 Å². The van der Waals surface area contributed by atoms with Gasteiger partial charge in [0, 0.05) is 23.7 Å². The van der Waals surface area contributed by atoms with Gasteiger partial charge in [-0.1, -0.05) is 23.7 Å². The molecule has 2 heterocycles. The van der Waals surface area contributed by atoms with Crippen LogP contribution in [0.5, 0.6) is 11.8 Å². The molecule has 1 aromatic carbocycles. The first-order valence-corrected chi connectivity index (χ1v) is 8.55. The molecule has 0 spiro atoms. The molecule has 10 heteroatoms. The van der Waals surface area contributed by atoms with E-state index in [1.54, 1.807) is 24.3 Å². The van der Waals surface area contributed by atoms with Crippen molar-refractivity contribution < 1.29 is 26.3 Å². The van der Waals surface area contributed by atoms with Crippen LogP contribution in [-0.4, -0.2) is 23.9 Å². The summed E-state index contributed by atoms with van der Waals surface area (Å²) in [5.41, 5.74) is -4.99. The monoisotopic (exact) mass is 388 g/mol. The molecule has 0 unspecified atom stereocenters. The lowest BCUT2D eigenvalue weighted by Gasteiger charge is -2.09. The van der Waals surface area contributed by atoms with Gasteiger partial charge in [-0.05, 0) is 18.2 Å². The maximum atomic E-state index is 12.6. The molecular formula is C15H8ClF3N2O3S. The summed E-state index contributed by atoms with van der Waals surface area (Å²) >= 11 is 6.03. The SMILES string of the molecule is O=S(=O)(c1ccnc(Oc2ccc3cccc(Cl)c3n2)c1)C(F)(F)F. The van der Waals surface area contributed by atoms with Gasteiger partial charge >= 0.3 is 5.51 Å². The minimum Gasteiger partial charge on any atom is -0.421 e. The van der Waals surface area contributed by atoms with Gasteiger partial charge in [0.1, 0.15) is 0 Å². The van der Waals surface area contributed by atoms with Gasteiger partial charge in [0.2, 0.25) is 11.8 Å². The molecule has 25 heavy (non-hydrogen) atoms. The number of rotatable bonds is 3. The summed E-state index contributed by atoms with van der Waals surface area (Å²) in [4.78, 5) is 6.88. The average Bonchev–Trinajstić information content (AvgIpc) is 2.55. The maximum Gasteiger partial charge on any atom is 0.501 e. The van der Waals surface area contributed by atoms with Gasteiger partial charge in [-0.3, -0.25) is 0 Å². The van der Waals surface area contributed by atoms with E-state index in [0.717, 1.165) is 17.6 Å². The number of hydrogen-bond donors (Lipinski definition) is 0. The van der Waals surface area contributed by atoms with E-state index in [4.69, 9.17) is 16.3 Å². The Morgan fingerprint density at radius 2 is 1.80 bits per heavy atom. The molecule has 0 radical (unpaired) electrons. The van der Waals surface area contributed by atoms with Crippen molar-refractivity contribution in [2.24, 2.45) is 0 Å². The van der Waals surface area contributed by atoms with Crippen molar-refractivity contribution in [3.63, 3.8) is 0 Å². The highest BCUT2D eigenvalue weighted by Crippen LogP contribution is 2.32. The minimum absolute atomic E-state index is 0.00894. The summed E-state index contributed by atoms with van der Waals surface area (Å²) in [5, 5.41) is 1.10. The fourth-order valence-corrected chi connectivity index (χ4v) is 2.99. The van der Waals surface area contributed by atoms with Crippen molar-refractivity contribution in [1.29, 1.82) is 0 Å². The van der Waals surface area contributed by atoms with E-state index in [1.807, 2.05) is 0 Å². The molecule has 0 aliphatic rings. The first-order chi connectivity index (χ1) is 11.7. The molecule has 3 aromatic rings. The lowest BCUT2D eigenvalue weighted by atomic mass is 10.2. The van der Waals surface area contributed by atoms with Crippen molar-refractivity contribution in [3.05, 3.63) is 53.7 Å². The molecule has 0 fully saturated rings. The van der Waals surface area contributed by atoms with Crippen LogP contribution in [0.25, 0.3) is 10.9 Å². The highest BCUT2D eigenvalue weighted by molar-refractivity contribution is 7.92. The van der Waals surface area contributed by atoms with Crippen LogP contribution in [0, 0.1) is 0 Å². The number of nitrogens with zero attached hydrogens (tertiary/aromatic N) is 2. The van der Waals surface area contributed by atoms with Gasteiger partial charge in [-0.15, -0.1) is 0 Å². The molecule has 0 amide bonds. The summed E-state index contributed by atoms with van der Waals surface area (Å²) in [6.45, 7) is 0. The van der Waals surface area contributed by atoms with E-state index in [1.165, 1.54) is 6.07 Å². The lowest BCUT2D eigenvalue weighted by Crippen LogP contribution is -2.23. The van der Waals surface area contributed by atoms with E-state index in [0.29, 0.717) is 16.6 Å². The van der Waals surface area contributed by atoms with Crippen molar-refractivity contribution in [2.75, 3.05) is 0 Å². The number of benzene rings is 1. The highest BCUT2D eigenvalue weighted by atomic mass is 35.5. The van der Waals surface area contributed by atoms with Crippen LogP contribution in [0.1, 0.15) is 0 Å². The topological polar surface area (TPSA) is 69.2 Å². The predicted molar refractivity (Wildman–Crippen MR) is 84.3 cm³/mol. The Bertz CT molecular complexity index is 1060. The Kier molecular flexibility index (Phi) is 4.29. The van der Waals surface area contributed by atoms with Crippen molar-refractivity contribution in [3.8, 4) is 11.8 Å². The molecule has 0 aliphatic carbocycles. The minimum atomic E-state index is -5.49. The van der Waals surface area contributed by atoms with Crippen LogP contribution in [0.2, 0.25) is 5.02 Å². The number of halogens is 4. The van der Waals surface area contributed by atoms with Gasteiger partial charge < -0.3 is 4.74 Å². The zero-order valence-corrected chi connectivity index (χ0v) is 13.7. The molecule has 5 nitrogen and oxygen atoms in total. The van der Waals surface area contributed by atoms with E-state index in [-0.39, 0.29) is 11.8 Å². The summed E-state index contributed by atoms with van der Waals surface area (Å²) in [6.07, 6.45) is 0.905. The van der Waals surface area contributed by atoms with Crippen molar-refractivity contribution in [1.82, 2.24) is 9.97 Å². The van der Waals surface area contributed by atoms with Crippen LogP contribution in [-0.2, 0) is 9.84 Å². The van der Waals surface area contributed by atoms with Crippen LogP contribution >= 0.6 is 11.6 Å². The van der Waals surface area contributed by atoms with Crippen molar-refractivity contribution in [2.45, 2.75) is 10.4 Å². The second kappa shape index (κ2) is 6.16. The molecule has 2 aromatic heterocycles. The van der Waals surface area contributed by atoms with Crippen LogP contribution in [0.3, 0.4) is 0 Å². The summed E-state index contributed by atoms with van der Waals surface area (Å²) < 4.78 is 66.0. The Labute approximate surface area is 145 Å². The lowest BCUT2D eigenvalue weighted by molar-refractivity contribution is -0.0436. The fraction of sp³-hybridized carbons (Fsp3) is 0.0667. The van der Waals surface area contributed by atoms with Crippen LogP contribution in [0.15, 0.2) is 53.6 Å². The first-order valence-electron chi connectivity index (χ1n) is 6.69. The Morgan fingerprint density at radius 1 is 1.04 bits per heavy atom. The molecule has 3 rings (SSSR count). The Hall–Kier alpha value is -2.39. The second-order valence-corrected chi connectivity index (χ2v) is 7.19. The molecular weight excluding hydrogens is 381 g/mol. The maximum absolute atomic E-state index is 12.6. The molecule has 0 bridgehead atoms. The number of pyridine rings is 2.